The summed E-state index contributed by atoms with van der Waals surface area (Å²) in [5.41, 5.74) is 1.10. The number of benzene rings is 1. The summed E-state index contributed by atoms with van der Waals surface area (Å²) >= 11 is 0. The van der Waals surface area contributed by atoms with Gasteiger partial charge in [-0.25, -0.2) is 8.42 Å². The van der Waals surface area contributed by atoms with Crippen molar-refractivity contribution in [3.63, 3.8) is 0 Å². The van der Waals surface area contributed by atoms with E-state index in [0.29, 0.717) is 5.75 Å². The highest BCUT2D eigenvalue weighted by Crippen LogP contribution is 2.20. The van der Waals surface area contributed by atoms with Crippen molar-refractivity contribution >= 4 is 9.84 Å². The van der Waals surface area contributed by atoms with Gasteiger partial charge in [0.2, 0.25) is 0 Å². The number of aryl methyl sites for hydroxylation is 1. The van der Waals surface area contributed by atoms with Gasteiger partial charge in [-0.2, -0.15) is 0 Å². The molecule has 0 aliphatic carbocycles. The van der Waals surface area contributed by atoms with E-state index in [1.54, 1.807) is 12.1 Å². The molecular weight excluding hydrogens is 228 g/mol. The first-order valence-electron chi connectivity index (χ1n) is 5.08. The zero-order chi connectivity index (χ0) is 11.8. The van der Waals surface area contributed by atoms with E-state index >= 15 is 0 Å². The molecule has 1 heterocycles. The topological polar surface area (TPSA) is 63.6 Å². The van der Waals surface area contributed by atoms with Crippen LogP contribution in [0.1, 0.15) is 5.56 Å². The van der Waals surface area contributed by atoms with Crippen LogP contribution in [0, 0.1) is 6.92 Å². The van der Waals surface area contributed by atoms with E-state index in [1.807, 2.05) is 19.1 Å². The number of aliphatic hydroxyl groups is 1. The van der Waals surface area contributed by atoms with E-state index in [1.165, 1.54) is 0 Å². The fourth-order valence-corrected chi connectivity index (χ4v) is 3.36. The third-order valence-corrected chi connectivity index (χ3v) is 4.27. The minimum atomic E-state index is -3.15. The van der Waals surface area contributed by atoms with E-state index in [0.717, 1.165) is 5.56 Å². The predicted molar refractivity (Wildman–Crippen MR) is 60.3 cm³/mol. The van der Waals surface area contributed by atoms with Crippen LogP contribution < -0.4 is 4.74 Å². The largest absolute Gasteiger partial charge is 0.487 e. The molecule has 1 aliphatic heterocycles. The van der Waals surface area contributed by atoms with Crippen LogP contribution in [-0.2, 0) is 9.84 Å². The summed E-state index contributed by atoms with van der Waals surface area (Å²) in [4.78, 5) is 0. The Kier molecular flexibility index (Phi) is 2.90. The fraction of sp³-hybridized carbons (Fsp3) is 0.455. The number of sulfone groups is 1. The molecule has 2 rings (SSSR count). The Hall–Kier alpha value is -1.07. The van der Waals surface area contributed by atoms with Gasteiger partial charge in [0.15, 0.2) is 9.84 Å². The Balaban J connectivity index is 2.08. The SMILES string of the molecule is Cc1ccc(OC2CS(=O)(=O)CC2O)cc1. The molecule has 1 saturated heterocycles. The Morgan fingerprint density at radius 1 is 1.25 bits per heavy atom. The van der Waals surface area contributed by atoms with Gasteiger partial charge in [-0.15, -0.1) is 0 Å². The summed E-state index contributed by atoms with van der Waals surface area (Å²) in [6, 6.07) is 7.30. The molecule has 1 N–H and O–H groups in total. The lowest BCUT2D eigenvalue weighted by Crippen LogP contribution is -2.29. The van der Waals surface area contributed by atoms with Crippen molar-refractivity contribution < 1.29 is 18.3 Å². The van der Waals surface area contributed by atoms with Crippen LogP contribution in [0.3, 0.4) is 0 Å². The molecule has 0 aromatic heterocycles. The highest BCUT2D eigenvalue weighted by molar-refractivity contribution is 7.91. The Labute approximate surface area is 94.8 Å². The number of hydrogen-bond donors (Lipinski definition) is 1. The molecule has 0 bridgehead atoms. The first-order chi connectivity index (χ1) is 7.46. The zero-order valence-electron chi connectivity index (χ0n) is 8.96. The Bertz CT molecular complexity index is 463. The molecule has 1 aromatic carbocycles. The summed E-state index contributed by atoms with van der Waals surface area (Å²) in [5.74, 6) is 0.276. The van der Waals surface area contributed by atoms with Gasteiger partial charge in [0.05, 0.1) is 11.5 Å². The van der Waals surface area contributed by atoms with Crippen LogP contribution in [0.25, 0.3) is 0 Å². The summed E-state index contributed by atoms with van der Waals surface area (Å²) in [6.45, 7) is 1.96. The molecule has 0 amide bonds. The minimum absolute atomic E-state index is 0.109. The highest BCUT2D eigenvalue weighted by atomic mass is 32.2. The van der Waals surface area contributed by atoms with Crippen LogP contribution in [0.5, 0.6) is 5.75 Å². The van der Waals surface area contributed by atoms with Crippen molar-refractivity contribution in [2.45, 2.75) is 19.1 Å². The summed E-state index contributed by atoms with van der Waals surface area (Å²) in [7, 11) is -3.15. The fourth-order valence-electron chi connectivity index (χ4n) is 1.70. The summed E-state index contributed by atoms with van der Waals surface area (Å²) < 4.78 is 28.0. The van der Waals surface area contributed by atoms with E-state index in [9.17, 15) is 13.5 Å². The monoisotopic (exact) mass is 242 g/mol. The molecular formula is C11H14O4S. The number of ether oxygens (including phenoxy) is 1. The van der Waals surface area contributed by atoms with Crippen molar-refractivity contribution in [2.24, 2.45) is 0 Å². The molecule has 1 aromatic rings. The lowest BCUT2D eigenvalue weighted by molar-refractivity contribution is 0.0738. The standard InChI is InChI=1S/C11H14O4S/c1-8-2-4-9(5-3-8)15-11-7-16(13,14)6-10(11)12/h2-5,10-12H,6-7H2,1H3. The van der Waals surface area contributed by atoms with Gasteiger partial charge in [0, 0.05) is 0 Å². The van der Waals surface area contributed by atoms with E-state index < -0.39 is 22.0 Å². The number of aliphatic hydroxyl groups excluding tert-OH is 1. The van der Waals surface area contributed by atoms with E-state index in [-0.39, 0.29) is 11.5 Å². The molecule has 16 heavy (non-hydrogen) atoms. The van der Waals surface area contributed by atoms with Crippen LogP contribution in [-0.4, -0.2) is 37.2 Å². The quantitative estimate of drug-likeness (QED) is 0.821. The second-order valence-electron chi connectivity index (χ2n) is 4.11. The molecule has 1 fully saturated rings. The molecule has 0 saturated carbocycles. The van der Waals surface area contributed by atoms with Gasteiger partial charge in [0.25, 0.3) is 0 Å². The van der Waals surface area contributed by atoms with Crippen LogP contribution in [0.2, 0.25) is 0 Å². The minimum Gasteiger partial charge on any atom is -0.487 e. The van der Waals surface area contributed by atoms with Crippen molar-refractivity contribution in [1.82, 2.24) is 0 Å². The maximum Gasteiger partial charge on any atom is 0.156 e. The molecule has 4 nitrogen and oxygen atoms in total. The third kappa shape index (κ3) is 2.54. The Morgan fingerprint density at radius 2 is 1.88 bits per heavy atom. The van der Waals surface area contributed by atoms with E-state index in [2.05, 4.69) is 0 Å². The first-order valence-corrected chi connectivity index (χ1v) is 6.90. The summed E-state index contributed by atoms with van der Waals surface area (Å²) in [5, 5.41) is 9.54. The maximum absolute atomic E-state index is 11.3. The molecule has 0 spiro atoms. The van der Waals surface area contributed by atoms with Crippen molar-refractivity contribution in [3.8, 4) is 5.75 Å². The smallest absolute Gasteiger partial charge is 0.156 e. The molecule has 88 valence electrons. The maximum atomic E-state index is 11.3. The normalized spacial score (nSPS) is 27.9. The van der Waals surface area contributed by atoms with Crippen molar-refractivity contribution in [2.75, 3.05) is 11.5 Å². The second-order valence-corrected chi connectivity index (χ2v) is 6.27. The number of rotatable bonds is 2. The average Bonchev–Trinajstić information content (AvgIpc) is 2.44. The second kappa shape index (κ2) is 4.07. The molecule has 1 aliphatic rings. The molecule has 0 radical (unpaired) electrons. The average molecular weight is 242 g/mol. The summed E-state index contributed by atoms with van der Waals surface area (Å²) in [6.07, 6.45) is -1.57. The van der Waals surface area contributed by atoms with Crippen LogP contribution >= 0.6 is 0 Å². The van der Waals surface area contributed by atoms with Gasteiger partial charge in [-0.1, -0.05) is 17.7 Å². The molecule has 5 heteroatoms. The van der Waals surface area contributed by atoms with Crippen LogP contribution in [0.15, 0.2) is 24.3 Å². The van der Waals surface area contributed by atoms with Gasteiger partial charge in [-0.05, 0) is 19.1 Å². The van der Waals surface area contributed by atoms with Gasteiger partial charge in [0.1, 0.15) is 18.0 Å². The van der Waals surface area contributed by atoms with Crippen LogP contribution in [0.4, 0.5) is 0 Å². The first kappa shape index (κ1) is 11.4. The van der Waals surface area contributed by atoms with Crippen molar-refractivity contribution in [3.05, 3.63) is 29.8 Å². The molecule has 2 atom stereocenters. The number of hydrogen-bond acceptors (Lipinski definition) is 4. The lowest BCUT2D eigenvalue weighted by Gasteiger charge is -2.15. The zero-order valence-corrected chi connectivity index (χ0v) is 9.78. The highest BCUT2D eigenvalue weighted by Gasteiger charge is 2.38. The Morgan fingerprint density at radius 3 is 2.38 bits per heavy atom. The molecule has 2 unspecified atom stereocenters. The van der Waals surface area contributed by atoms with Crippen molar-refractivity contribution in [1.29, 1.82) is 0 Å². The van der Waals surface area contributed by atoms with Gasteiger partial charge >= 0.3 is 0 Å². The lowest BCUT2D eigenvalue weighted by atomic mass is 10.2. The predicted octanol–water partition coefficient (Wildman–Crippen LogP) is 0.532. The third-order valence-electron chi connectivity index (χ3n) is 2.58. The van der Waals surface area contributed by atoms with Gasteiger partial charge < -0.3 is 9.84 Å². The van der Waals surface area contributed by atoms with E-state index in [4.69, 9.17) is 4.74 Å². The van der Waals surface area contributed by atoms with Gasteiger partial charge in [-0.3, -0.25) is 0 Å².